The first kappa shape index (κ1) is 20.6. The molecule has 3 rings (SSSR count). The van der Waals surface area contributed by atoms with Crippen LogP contribution in [0, 0.1) is 10.6 Å². The second-order valence-electron chi connectivity index (χ2n) is 5.73. The standard InChI is InChI=1S/C19H15ClFN3O4S/c1-27-11-4-6-15(16(8-11)28-2)22-9-12-17(25)23-19(29)24(18(12)26)10-3-5-14(21)13(20)7-10/h3-9,26H,1-2H3,(H,23,25,29). The van der Waals surface area contributed by atoms with E-state index in [2.05, 4.69) is 9.98 Å². The van der Waals surface area contributed by atoms with Crippen molar-refractivity contribution in [2.45, 2.75) is 0 Å². The molecule has 1 aromatic heterocycles. The summed E-state index contributed by atoms with van der Waals surface area (Å²) < 4.78 is 24.9. The number of methoxy groups -OCH3 is 2. The fraction of sp³-hybridized carbons (Fsp3) is 0.105. The molecule has 0 amide bonds. The van der Waals surface area contributed by atoms with E-state index in [1.165, 1.54) is 32.6 Å². The Hall–Kier alpha value is -3.17. The normalized spacial score (nSPS) is 11.0. The maximum Gasteiger partial charge on any atom is 0.264 e. The van der Waals surface area contributed by atoms with Crippen molar-refractivity contribution in [1.82, 2.24) is 9.55 Å². The molecule has 2 aromatic carbocycles. The number of aliphatic imine (C=N–C) groups is 1. The second kappa shape index (κ2) is 8.46. The van der Waals surface area contributed by atoms with Crippen molar-refractivity contribution in [3.8, 4) is 23.1 Å². The number of aromatic amines is 1. The smallest absolute Gasteiger partial charge is 0.264 e. The Bertz CT molecular complexity index is 1220. The van der Waals surface area contributed by atoms with E-state index in [0.29, 0.717) is 17.2 Å². The average molecular weight is 436 g/mol. The quantitative estimate of drug-likeness (QED) is 0.464. The number of hydrogen-bond acceptors (Lipinski definition) is 6. The van der Waals surface area contributed by atoms with Gasteiger partial charge in [-0.25, -0.2) is 4.39 Å². The van der Waals surface area contributed by atoms with Crippen LogP contribution in [0.5, 0.6) is 17.4 Å². The minimum absolute atomic E-state index is 0.0886. The fourth-order valence-electron chi connectivity index (χ4n) is 2.54. The zero-order valence-electron chi connectivity index (χ0n) is 15.3. The molecule has 0 aliphatic carbocycles. The largest absolute Gasteiger partial charge is 0.497 e. The molecule has 0 saturated carbocycles. The van der Waals surface area contributed by atoms with Crippen molar-refractivity contribution in [3.05, 3.63) is 67.9 Å². The van der Waals surface area contributed by atoms with E-state index in [9.17, 15) is 14.3 Å². The molecule has 0 aliphatic rings. The molecule has 0 aliphatic heterocycles. The van der Waals surface area contributed by atoms with Crippen molar-refractivity contribution < 1.29 is 19.0 Å². The lowest BCUT2D eigenvalue weighted by molar-refractivity contribution is 0.395. The van der Waals surface area contributed by atoms with E-state index in [4.69, 9.17) is 33.3 Å². The summed E-state index contributed by atoms with van der Waals surface area (Å²) in [5.41, 5.74) is -0.122. The Labute approximate surface area is 174 Å². The van der Waals surface area contributed by atoms with Gasteiger partial charge < -0.3 is 14.6 Å². The summed E-state index contributed by atoms with van der Waals surface area (Å²) in [6.45, 7) is 0. The Morgan fingerprint density at radius 2 is 2.00 bits per heavy atom. The number of aromatic nitrogens is 2. The summed E-state index contributed by atoms with van der Waals surface area (Å²) in [5.74, 6) is -0.116. The van der Waals surface area contributed by atoms with Gasteiger partial charge in [0.1, 0.15) is 28.6 Å². The van der Waals surface area contributed by atoms with Crippen LogP contribution in [-0.2, 0) is 0 Å². The monoisotopic (exact) mass is 435 g/mol. The second-order valence-corrected chi connectivity index (χ2v) is 6.52. The van der Waals surface area contributed by atoms with Gasteiger partial charge in [0.2, 0.25) is 5.88 Å². The summed E-state index contributed by atoms with van der Waals surface area (Å²) in [4.78, 5) is 19.0. The number of hydrogen-bond donors (Lipinski definition) is 2. The molecule has 2 N–H and O–H groups in total. The van der Waals surface area contributed by atoms with E-state index in [-0.39, 0.29) is 21.0 Å². The number of rotatable bonds is 5. The molecule has 0 fully saturated rings. The number of nitrogens with zero attached hydrogens (tertiary/aromatic N) is 2. The summed E-state index contributed by atoms with van der Waals surface area (Å²) in [7, 11) is 2.99. The minimum Gasteiger partial charge on any atom is -0.497 e. The molecule has 7 nitrogen and oxygen atoms in total. The average Bonchev–Trinajstić information content (AvgIpc) is 2.70. The number of H-pyrrole nitrogens is 1. The van der Waals surface area contributed by atoms with E-state index < -0.39 is 17.3 Å². The van der Waals surface area contributed by atoms with Gasteiger partial charge in [0.05, 0.1) is 24.9 Å². The zero-order valence-corrected chi connectivity index (χ0v) is 16.8. The van der Waals surface area contributed by atoms with Gasteiger partial charge in [-0.1, -0.05) is 11.6 Å². The molecule has 0 spiro atoms. The molecule has 0 saturated heterocycles. The Morgan fingerprint density at radius 1 is 1.24 bits per heavy atom. The zero-order chi connectivity index (χ0) is 21.1. The van der Waals surface area contributed by atoms with Crippen LogP contribution < -0.4 is 15.0 Å². The van der Waals surface area contributed by atoms with Crippen LogP contribution >= 0.6 is 23.8 Å². The topological polar surface area (TPSA) is 88.8 Å². The summed E-state index contributed by atoms with van der Waals surface area (Å²) in [6.07, 6.45) is 1.18. The Balaban J connectivity index is 2.12. The SMILES string of the molecule is COc1ccc(N=Cc2c(O)n(-c3ccc(F)c(Cl)c3)c(=S)[nH]c2=O)c(OC)c1. The number of nitrogens with one attached hydrogen (secondary N) is 1. The number of halogens is 2. The molecule has 150 valence electrons. The van der Waals surface area contributed by atoms with Gasteiger partial charge in [0, 0.05) is 12.3 Å². The highest BCUT2D eigenvalue weighted by Gasteiger charge is 2.14. The number of ether oxygens (including phenoxy) is 2. The van der Waals surface area contributed by atoms with Crippen LogP contribution in [0.2, 0.25) is 5.02 Å². The first-order chi connectivity index (χ1) is 13.8. The maximum atomic E-state index is 13.5. The fourth-order valence-corrected chi connectivity index (χ4v) is 3.00. The van der Waals surface area contributed by atoms with Crippen molar-refractivity contribution in [2.24, 2.45) is 4.99 Å². The van der Waals surface area contributed by atoms with E-state index in [0.717, 1.165) is 10.6 Å². The van der Waals surface area contributed by atoms with Crippen LogP contribution in [0.25, 0.3) is 5.69 Å². The highest BCUT2D eigenvalue weighted by Crippen LogP contribution is 2.31. The highest BCUT2D eigenvalue weighted by atomic mass is 35.5. The molecule has 3 aromatic rings. The molecular weight excluding hydrogens is 421 g/mol. The lowest BCUT2D eigenvalue weighted by atomic mass is 10.2. The summed E-state index contributed by atoms with van der Waals surface area (Å²) >= 11 is 10.9. The van der Waals surface area contributed by atoms with Crippen LogP contribution in [0.1, 0.15) is 5.56 Å². The van der Waals surface area contributed by atoms with Crippen LogP contribution in [0.4, 0.5) is 10.1 Å². The van der Waals surface area contributed by atoms with Crippen LogP contribution in [0.3, 0.4) is 0 Å². The van der Waals surface area contributed by atoms with Gasteiger partial charge in [-0.3, -0.25) is 19.3 Å². The van der Waals surface area contributed by atoms with Gasteiger partial charge >= 0.3 is 0 Å². The summed E-state index contributed by atoms with van der Waals surface area (Å²) in [5, 5.41) is 10.5. The molecule has 1 heterocycles. The first-order valence-electron chi connectivity index (χ1n) is 8.15. The predicted octanol–water partition coefficient (Wildman–Crippen LogP) is 4.16. The van der Waals surface area contributed by atoms with Gasteiger partial charge in [-0.05, 0) is 42.5 Å². The van der Waals surface area contributed by atoms with Gasteiger partial charge in [-0.2, -0.15) is 0 Å². The number of aromatic hydroxyl groups is 1. The van der Waals surface area contributed by atoms with Crippen molar-refractivity contribution in [3.63, 3.8) is 0 Å². The van der Waals surface area contributed by atoms with Crippen LogP contribution in [0.15, 0.2) is 46.2 Å². The molecule has 10 heteroatoms. The third-order valence-electron chi connectivity index (χ3n) is 4.00. The Kier molecular flexibility index (Phi) is 6.00. The van der Waals surface area contributed by atoms with Gasteiger partial charge in [0.15, 0.2) is 4.77 Å². The van der Waals surface area contributed by atoms with Crippen molar-refractivity contribution >= 4 is 35.7 Å². The van der Waals surface area contributed by atoms with E-state index in [1.807, 2.05) is 0 Å². The van der Waals surface area contributed by atoms with Crippen molar-refractivity contribution in [2.75, 3.05) is 14.2 Å². The summed E-state index contributed by atoms with van der Waals surface area (Å²) in [6, 6.07) is 8.70. The highest BCUT2D eigenvalue weighted by molar-refractivity contribution is 7.71. The van der Waals surface area contributed by atoms with Crippen LogP contribution in [-0.4, -0.2) is 35.1 Å². The first-order valence-corrected chi connectivity index (χ1v) is 8.94. The molecule has 0 atom stereocenters. The van der Waals surface area contributed by atoms with E-state index in [1.54, 1.807) is 18.2 Å². The third-order valence-corrected chi connectivity index (χ3v) is 4.58. The maximum absolute atomic E-state index is 13.5. The van der Waals surface area contributed by atoms with Gasteiger partial charge in [0.25, 0.3) is 5.56 Å². The van der Waals surface area contributed by atoms with E-state index >= 15 is 0 Å². The molecule has 0 bridgehead atoms. The lowest BCUT2D eigenvalue weighted by Gasteiger charge is -2.12. The Morgan fingerprint density at radius 3 is 2.66 bits per heavy atom. The molecule has 0 radical (unpaired) electrons. The van der Waals surface area contributed by atoms with Crippen molar-refractivity contribution in [1.29, 1.82) is 0 Å². The number of benzene rings is 2. The van der Waals surface area contributed by atoms with Gasteiger partial charge in [-0.15, -0.1) is 0 Å². The molecular formula is C19H15ClFN3O4S. The lowest BCUT2D eigenvalue weighted by Crippen LogP contribution is -2.18. The third kappa shape index (κ3) is 4.15. The predicted molar refractivity (Wildman–Crippen MR) is 111 cm³/mol. The minimum atomic E-state index is -0.645. The molecule has 0 unspecified atom stereocenters. The molecule has 29 heavy (non-hydrogen) atoms.